The van der Waals surface area contributed by atoms with Gasteiger partial charge in [-0.25, -0.2) is 5.43 Å². The van der Waals surface area contributed by atoms with E-state index < -0.39 is 0 Å². The Hall–Kier alpha value is -3.08. The predicted molar refractivity (Wildman–Crippen MR) is 117 cm³/mol. The first-order valence-corrected chi connectivity index (χ1v) is 10.4. The number of hydrogen-bond acceptors (Lipinski definition) is 3. The van der Waals surface area contributed by atoms with Gasteiger partial charge in [0.25, 0.3) is 5.91 Å². The summed E-state index contributed by atoms with van der Waals surface area (Å²) >= 11 is 0. The van der Waals surface area contributed by atoms with E-state index in [2.05, 4.69) is 22.4 Å². The third kappa shape index (κ3) is 4.50. The summed E-state index contributed by atoms with van der Waals surface area (Å²) in [5.74, 6) is 0.612. The highest BCUT2D eigenvalue weighted by atomic mass is 16.5. The summed E-state index contributed by atoms with van der Waals surface area (Å²) in [5, 5.41) is 5.28. The van der Waals surface area contributed by atoms with Gasteiger partial charge in [-0.2, -0.15) is 5.10 Å². The van der Waals surface area contributed by atoms with Gasteiger partial charge in [0.05, 0.1) is 12.8 Å². The fourth-order valence-electron chi connectivity index (χ4n) is 3.80. The van der Waals surface area contributed by atoms with Gasteiger partial charge in [-0.1, -0.05) is 25.5 Å². The molecular formula is C24H27N3O2. The number of unbranched alkanes of at least 4 members (excludes halogenated alkanes) is 1. The Kier molecular flexibility index (Phi) is 5.94. The SMILES string of the molecule is CCCCOc1cccc(/C=N/NC(=O)c2ccc3[nH]c4c(c3c2)CCCC4)c1. The van der Waals surface area contributed by atoms with Crippen molar-refractivity contribution in [2.75, 3.05) is 6.61 Å². The van der Waals surface area contributed by atoms with Crippen LogP contribution in [0.1, 0.15) is 59.8 Å². The normalized spacial score (nSPS) is 13.6. The molecule has 0 radical (unpaired) electrons. The molecule has 1 aliphatic rings. The van der Waals surface area contributed by atoms with Crippen molar-refractivity contribution in [3.8, 4) is 5.75 Å². The van der Waals surface area contributed by atoms with E-state index in [0.29, 0.717) is 12.2 Å². The zero-order valence-corrected chi connectivity index (χ0v) is 16.8. The Balaban J connectivity index is 1.42. The van der Waals surface area contributed by atoms with Crippen LogP contribution in [-0.4, -0.2) is 23.7 Å². The van der Waals surface area contributed by atoms with Gasteiger partial charge in [0.2, 0.25) is 0 Å². The number of aryl methyl sites for hydroxylation is 2. The second-order valence-corrected chi connectivity index (χ2v) is 7.52. The summed E-state index contributed by atoms with van der Waals surface area (Å²) in [6.45, 7) is 2.84. The quantitative estimate of drug-likeness (QED) is 0.340. The molecule has 5 nitrogen and oxygen atoms in total. The van der Waals surface area contributed by atoms with E-state index in [1.165, 1.54) is 24.1 Å². The van der Waals surface area contributed by atoms with Crippen molar-refractivity contribution < 1.29 is 9.53 Å². The number of amides is 1. The van der Waals surface area contributed by atoms with Crippen molar-refractivity contribution in [3.63, 3.8) is 0 Å². The third-order valence-corrected chi connectivity index (χ3v) is 5.36. The number of aromatic nitrogens is 1. The van der Waals surface area contributed by atoms with Crippen LogP contribution >= 0.6 is 0 Å². The second-order valence-electron chi connectivity index (χ2n) is 7.52. The van der Waals surface area contributed by atoms with Crippen molar-refractivity contribution in [1.82, 2.24) is 10.4 Å². The highest BCUT2D eigenvalue weighted by Crippen LogP contribution is 2.29. The van der Waals surface area contributed by atoms with E-state index in [1.54, 1.807) is 6.21 Å². The summed E-state index contributed by atoms with van der Waals surface area (Å²) in [6.07, 6.45) is 8.38. The number of hydrazone groups is 1. The number of carbonyl (C=O) groups is 1. The number of fused-ring (bicyclic) bond motifs is 3. The smallest absolute Gasteiger partial charge is 0.271 e. The van der Waals surface area contributed by atoms with Gasteiger partial charge >= 0.3 is 0 Å². The monoisotopic (exact) mass is 389 g/mol. The summed E-state index contributed by atoms with van der Waals surface area (Å²) in [7, 11) is 0. The topological polar surface area (TPSA) is 66.5 Å². The summed E-state index contributed by atoms with van der Waals surface area (Å²) < 4.78 is 5.71. The molecule has 1 aromatic heterocycles. The average molecular weight is 389 g/mol. The van der Waals surface area contributed by atoms with Crippen LogP contribution in [0.3, 0.4) is 0 Å². The van der Waals surface area contributed by atoms with Crippen LogP contribution in [0, 0.1) is 0 Å². The Bertz CT molecular complexity index is 1040. The molecule has 0 saturated heterocycles. The van der Waals surface area contributed by atoms with Crippen LogP contribution in [0.2, 0.25) is 0 Å². The third-order valence-electron chi connectivity index (χ3n) is 5.36. The molecule has 0 aliphatic heterocycles. The largest absolute Gasteiger partial charge is 0.494 e. The predicted octanol–water partition coefficient (Wildman–Crippen LogP) is 4.99. The van der Waals surface area contributed by atoms with Gasteiger partial charge in [0, 0.05) is 22.2 Å². The summed E-state index contributed by atoms with van der Waals surface area (Å²) in [5.41, 5.74) is 7.94. The molecule has 0 fully saturated rings. The molecule has 0 spiro atoms. The molecule has 150 valence electrons. The highest BCUT2D eigenvalue weighted by molar-refractivity contribution is 5.99. The van der Waals surface area contributed by atoms with Gasteiger partial charge in [0.15, 0.2) is 0 Å². The van der Waals surface area contributed by atoms with E-state index in [4.69, 9.17) is 4.74 Å². The van der Waals surface area contributed by atoms with Crippen molar-refractivity contribution >= 4 is 23.0 Å². The molecule has 29 heavy (non-hydrogen) atoms. The van der Waals surface area contributed by atoms with E-state index in [-0.39, 0.29) is 5.91 Å². The lowest BCUT2D eigenvalue weighted by Gasteiger charge is -2.10. The van der Waals surface area contributed by atoms with Crippen LogP contribution < -0.4 is 10.2 Å². The fourth-order valence-corrected chi connectivity index (χ4v) is 3.80. The minimum Gasteiger partial charge on any atom is -0.494 e. The molecule has 1 heterocycles. The average Bonchev–Trinajstić information content (AvgIpc) is 3.12. The molecule has 1 aliphatic carbocycles. The number of hydrogen-bond donors (Lipinski definition) is 2. The molecule has 1 amide bonds. The first-order valence-electron chi connectivity index (χ1n) is 10.4. The lowest BCUT2D eigenvalue weighted by molar-refractivity contribution is 0.0955. The van der Waals surface area contributed by atoms with E-state index in [1.807, 2.05) is 42.5 Å². The Labute approximate surface area is 171 Å². The second kappa shape index (κ2) is 8.95. The first-order chi connectivity index (χ1) is 14.2. The molecule has 0 unspecified atom stereocenters. The molecule has 4 rings (SSSR count). The lowest BCUT2D eigenvalue weighted by atomic mass is 9.95. The molecule has 0 saturated carbocycles. The van der Waals surface area contributed by atoms with Gasteiger partial charge in [-0.15, -0.1) is 0 Å². The van der Waals surface area contributed by atoms with E-state index >= 15 is 0 Å². The standard InChI is InChI=1S/C24H27N3O2/c1-2-3-13-29-19-8-6-7-17(14-19)16-25-27-24(28)18-11-12-23-21(15-18)20-9-4-5-10-22(20)26-23/h6-8,11-12,14-16,26H,2-5,9-10,13H2,1H3,(H,27,28)/b25-16+. The minimum atomic E-state index is -0.204. The molecule has 2 aromatic carbocycles. The molecular weight excluding hydrogens is 362 g/mol. The zero-order chi connectivity index (χ0) is 20.1. The van der Waals surface area contributed by atoms with Crippen LogP contribution in [0.5, 0.6) is 5.75 Å². The maximum absolute atomic E-state index is 12.6. The molecule has 0 bridgehead atoms. The lowest BCUT2D eigenvalue weighted by Crippen LogP contribution is -2.17. The van der Waals surface area contributed by atoms with Gasteiger partial charge < -0.3 is 9.72 Å². The van der Waals surface area contributed by atoms with Crippen molar-refractivity contribution in [1.29, 1.82) is 0 Å². The first kappa shape index (κ1) is 19.2. The number of benzene rings is 2. The van der Waals surface area contributed by atoms with Crippen LogP contribution in [0.4, 0.5) is 0 Å². The van der Waals surface area contributed by atoms with Crippen LogP contribution in [0.15, 0.2) is 47.6 Å². The van der Waals surface area contributed by atoms with Crippen molar-refractivity contribution in [2.45, 2.75) is 45.4 Å². The molecule has 2 N–H and O–H groups in total. The Morgan fingerprint density at radius 1 is 1.21 bits per heavy atom. The number of rotatable bonds is 7. The number of aromatic amines is 1. The van der Waals surface area contributed by atoms with Crippen molar-refractivity contribution in [3.05, 3.63) is 64.8 Å². The maximum atomic E-state index is 12.6. The van der Waals surface area contributed by atoms with E-state index in [9.17, 15) is 4.79 Å². The van der Waals surface area contributed by atoms with Crippen LogP contribution in [-0.2, 0) is 12.8 Å². The number of H-pyrrole nitrogens is 1. The molecule has 3 aromatic rings. The molecule has 0 atom stereocenters. The number of nitrogens with zero attached hydrogens (tertiary/aromatic N) is 1. The number of ether oxygens (including phenoxy) is 1. The van der Waals surface area contributed by atoms with E-state index in [0.717, 1.165) is 47.9 Å². The van der Waals surface area contributed by atoms with Gasteiger partial charge in [-0.05, 0) is 73.6 Å². The van der Waals surface area contributed by atoms with Crippen molar-refractivity contribution in [2.24, 2.45) is 5.10 Å². The summed E-state index contributed by atoms with van der Waals surface area (Å²) in [6, 6.07) is 13.5. The zero-order valence-electron chi connectivity index (χ0n) is 16.8. The summed E-state index contributed by atoms with van der Waals surface area (Å²) in [4.78, 5) is 16.0. The van der Waals surface area contributed by atoms with Gasteiger partial charge in [0.1, 0.15) is 5.75 Å². The maximum Gasteiger partial charge on any atom is 0.271 e. The van der Waals surface area contributed by atoms with Crippen LogP contribution in [0.25, 0.3) is 10.9 Å². The Morgan fingerprint density at radius 3 is 3.00 bits per heavy atom. The highest BCUT2D eigenvalue weighted by Gasteiger charge is 2.16. The number of carbonyl (C=O) groups excluding carboxylic acids is 1. The Morgan fingerprint density at radius 2 is 2.10 bits per heavy atom. The van der Waals surface area contributed by atoms with Gasteiger partial charge in [-0.3, -0.25) is 4.79 Å². The fraction of sp³-hybridized carbons (Fsp3) is 0.333. The number of nitrogens with one attached hydrogen (secondary N) is 2. The minimum absolute atomic E-state index is 0.204. The molecule has 5 heteroatoms.